The summed E-state index contributed by atoms with van der Waals surface area (Å²) in [6.07, 6.45) is 5.75. The second-order valence-electron chi connectivity index (χ2n) is 9.65. The molecule has 7 heteroatoms. The number of nitrogens with zero attached hydrogens (tertiary/aromatic N) is 1. The lowest BCUT2D eigenvalue weighted by Gasteiger charge is -2.30. The van der Waals surface area contributed by atoms with Gasteiger partial charge >= 0.3 is 6.09 Å². The van der Waals surface area contributed by atoms with Crippen LogP contribution in [0.3, 0.4) is 0 Å². The van der Waals surface area contributed by atoms with E-state index in [1.54, 1.807) is 0 Å². The number of benzene rings is 2. The van der Waals surface area contributed by atoms with Gasteiger partial charge in [0.2, 0.25) is 0 Å². The number of hydrogen-bond donors (Lipinski definition) is 2. The molecule has 1 saturated carbocycles. The fraction of sp³-hybridized carbons (Fsp3) is 0.464. The Morgan fingerprint density at radius 1 is 1.14 bits per heavy atom. The second-order valence-corrected chi connectivity index (χ2v) is 9.65. The lowest BCUT2D eigenvalue weighted by atomic mass is 9.92. The molecule has 1 aromatic heterocycles. The van der Waals surface area contributed by atoms with Crippen molar-refractivity contribution in [2.75, 3.05) is 24.3 Å². The maximum atomic E-state index is 12.1. The molecule has 0 radical (unpaired) electrons. The molecule has 0 bridgehead atoms. The summed E-state index contributed by atoms with van der Waals surface area (Å²) in [5.41, 5.74) is 11.4. The van der Waals surface area contributed by atoms with Gasteiger partial charge in [-0.05, 0) is 56.9 Å². The number of carbonyl (C=O) groups excluding carboxylic acids is 1. The van der Waals surface area contributed by atoms with E-state index in [0.29, 0.717) is 11.7 Å². The Bertz CT molecular complexity index is 1180. The molecule has 1 aliphatic carbocycles. The third-order valence-corrected chi connectivity index (χ3v) is 7.21. The molecule has 1 saturated heterocycles. The zero-order valence-corrected chi connectivity index (χ0v) is 20.6. The summed E-state index contributed by atoms with van der Waals surface area (Å²) in [5.74, 6) is 0.883. The number of amides is 1. The first-order valence-corrected chi connectivity index (χ1v) is 12.8. The number of nitrogens with one attached hydrogen (secondary N) is 1. The van der Waals surface area contributed by atoms with Crippen molar-refractivity contribution in [3.8, 4) is 17.0 Å². The Hall–Kier alpha value is -3.19. The van der Waals surface area contributed by atoms with E-state index < -0.39 is 6.09 Å². The van der Waals surface area contributed by atoms with Crippen molar-refractivity contribution in [2.24, 2.45) is 0 Å². The molecule has 7 nitrogen and oxygen atoms in total. The third-order valence-electron chi connectivity index (χ3n) is 7.21. The van der Waals surface area contributed by atoms with E-state index >= 15 is 0 Å². The Morgan fingerprint density at radius 3 is 2.54 bits per heavy atom. The molecule has 2 heterocycles. The zero-order valence-electron chi connectivity index (χ0n) is 20.6. The highest BCUT2D eigenvalue weighted by Crippen LogP contribution is 2.45. The smallest absolute Gasteiger partial charge is 0.411 e. The van der Waals surface area contributed by atoms with Crippen LogP contribution in [-0.4, -0.2) is 36.1 Å². The van der Waals surface area contributed by atoms with Crippen molar-refractivity contribution in [3.63, 3.8) is 0 Å². The highest BCUT2D eigenvalue weighted by molar-refractivity contribution is 6.01. The van der Waals surface area contributed by atoms with Gasteiger partial charge in [0.15, 0.2) is 0 Å². The van der Waals surface area contributed by atoms with Crippen molar-refractivity contribution >= 4 is 28.4 Å². The van der Waals surface area contributed by atoms with Crippen LogP contribution >= 0.6 is 0 Å². The Kier molecular flexibility index (Phi) is 6.86. The molecule has 0 spiro atoms. The van der Waals surface area contributed by atoms with Crippen LogP contribution in [0.1, 0.15) is 58.4 Å². The minimum Gasteiger partial charge on any atom is -0.490 e. The lowest BCUT2D eigenvalue weighted by molar-refractivity contribution is 0.0256. The number of hydrogen-bond acceptors (Lipinski definition) is 5. The molecule has 2 fully saturated rings. The van der Waals surface area contributed by atoms with Crippen molar-refractivity contribution in [3.05, 3.63) is 42.5 Å². The minimum absolute atomic E-state index is 0.118. The fourth-order valence-corrected chi connectivity index (χ4v) is 4.82. The molecule has 3 N–H and O–H groups in total. The molecule has 0 unspecified atom stereocenters. The predicted molar refractivity (Wildman–Crippen MR) is 139 cm³/mol. The second kappa shape index (κ2) is 10.2. The largest absolute Gasteiger partial charge is 0.490 e. The molecule has 5 rings (SSSR count). The van der Waals surface area contributed by atoms with E-state index in [4.69, 9.17) is 19.9 Å². The van der Waals surface area contributed by atoms with Gasteiger partial charge in [-0.15, -0.1) is 0 Å². The summed E-state index contributed by atoms with van der Waals surface area (Å²) in [5, 5.41) is 3.86. The van der Waals surface area contributed by atoms with Crippen LogP contribution in [0.4, 0.5) is 16.2 Å². The highest BCUT2D eigenvalue weighted by Gasteiger charge is 2.27. The molecule has 1 amide bonds. The quantitative estimate of drug-likeness (QED) is 0.404. The van der Waals surface area contributed by atoms with Gasteiger partial charge in [0, 0.05) is 41.6 Å². The number of nitrogen functional groups attached to an aromatic ring is 1. The molecule has 1 atom stereocenters. The number of nitrogens with two attached hydrogens (primary N) is 1. The van der Waals surface area contributed by atoms with Crippen LogP contribution < -0.4 is 15.8 Å². The molecular formula is C28H35N3O4. The Morgan fingerprint density at radius 2 is 1.89 bits per heavy atom. The number of rotatable bonds is 7. The van der Waals surface area contributed by atoms with Gasteiger partial charge in [0.05, 0.1) is 30.1 Å². The lowest BCUT2D eigenvalue weighted by Crippen LogP contribution is -2.25. The normalized spacial score (nSPS) is 17.7. The topological polar surface area (TPSA) is 87.7 Å². The van der Waals surface area contributed by atoms with Crippen molar-refractivity contribution in [1.29, 1.82) is 0 Å². The Balaban J connectivity index is 1.45. The first kappa shape index (κ1) is 23.5. The first-order valence-electron chi connectivity index (χ1n) is 12.8. The average Bonchev–Trinajstić information content (AvgIpc) is 3.10. The molecule has 2 aromatic carbocycles. The van der Waals surface area contributed by atoms with E-state index in [2.05, 4.69) is 22.0 Å². The Labute approximate surface area is 206 Å². The summed E-state index contributed by atoms with van der Waals surface area (Å²) in [6.45, 7) is 5.37. The van der Waals surface area contributed by atoms with Gasteiger partial charge in [-0.2, -0.15) is 0 Å². The monoisotopic (exact) mass is 477 g/mol. The number of ether oxygens (including phenoxy) is 3. The molecule has 1 aliphatic heterocycles. The standard InChI is InChI=1S/C28H35N3O4/c1-3-18(2)34-28(32)30-20-9-7-19(8-10-20)27-26(29)24-12-11-23(35-22-13-15-33-16-14-22)17-25(24)31(27)21-5-4-6-21/h7-12,17-18,21-22H,3-6,13-16,29H2,1-2H3,(H,30,32)/t18-/m0/s1. The summed E-state index contributed by atoms with van der Waals surface area (Å²) >= 11 is 0. The van der Waals surface area contributed by atoms with Crippen LogP contribution in [0.15, 0.2) is 42.5 Å². The van der Waals surface area contributed by atoms with Crippen molar-refractivity contribution in [2.45, 2.75) is 70.6 Å². The highest BCUT2D eigenvalue weighted by atomic mass is 16.6. The van der Waals surface area contributed by atoms with E-state index in [1.807, 2.05) is 44.2 Å². The van der Waals surface area contributed by atoms with Crippen LogP contribution in [0.25, 0.3) is 22.2 Å². The maximum Gasteiger partial charge on any atom is 0.411 e. The number of carbonyl (C=O) groups is 1. The van der Waals surface area contributed by atoms with Crippen molar-refractivity contribution in [1.82, 2.24) is 4.57 Å². The number of fused-ring (bicyclic) bond motifs is 1. The summed E-state index contributed by atoms with van der Waals surface area (Å²) in [6, 6.07) is 14.5. The number of anilines is 2. The van der Waals surface area contributed by atoms with Gasteiger partial charge in [-0.1, -0.05) is 19.1 Å². The minimum atomic E-state index is -0.438. The molecule has 186 valence electrons. The van der Waals surface area contributed by atoms with Crippen molar-refractivity contribution < 1.29 is 19.0 Å². The molecule has 35 heavy (non-hydrogen) atoms. The summed E-state index contributed by atoms with van der Waals surface area (Å²) < 4.78 is 19.5. The van der Waals surface area contributed by atoms with Gasteiger partial charge in [0.1, 0.15) is 18.0 Å². The maximum absolute atomic E-state index is 12.1. The van der Waals surface area contributed by atoms with Crippen LogP contribution in [-0.2, 0) is 9.47 Å². The van der Waals surface area contributed by atoms with E-state index in [1.165, 1.54) is 6.42 Å². The van der Waals surface area contributed by atoms with Crippen LogP contribution in [0.5, 0.6) is 5.75 Å². The molecular weight excluding hydrogens is 442 g/mol. The van der Waals surface area contributed by atoms with E-state index in [0.717, 1.165) is 78.9 Å². The zero-order chi connectivity index (χ0) is 24.4. The van der Waals surface area contributed by atoms with Gasteiger partial charge in [-0.25, -0.2) is 4.79 Å². The first-order chi connectivity index (χ1) is 17.0. The SMILES string of the molecule is CC[C@H](C)OC(=O)Nc1ccc(-c2c(N)c3ccc(OC4CCOCC4)cc3n2C2CCC2)cc1. The average molecular weight is 478 g/mol. The van der Waals surface area contributed by atoms with E-state index in [9.17, 15) is 4.79 Å². The fourth-order valence-electron chi connectivity index (χ4n) is 4.82. The summed E-state index contributed by atoms with van der Waals surface area (Å²) in [4.78, 5) is 12.1. The summed E-state index contributed by atoms with van der Waals surface area (Å²) in [7, 11) is 0. The van der Waals surface area contributed by atoms with E-state index in [-0.39, 0.29) is 12.2 Å². The van der Waals surface area contributed by atoms with Gasteiger partial charge < -0.3 is 24.5 Å². The molecule has 2 aliphatic rings. The molecule has 3 aromatic rings. The third kappa shape index (κ3) is 4.96. The predicted octanol–water partition coefficient (Wildman–Crippen LogP) is 6.52. The van der Waals surface area contributed by atoms with Gasteiger partial charge in [-0.3, -0.25) is 5.32 Å². The van der Waals surface area contributed by atoms with Crippen LogP contribution in [0, 0.1) is 0 Å². The van der Waals surface area contributed by atoms with Gasteiger partial charge in [0.25, 0.3) is 0 Å². The number of aromatic nitrogens is 1. The van der Waals surface area contributed by atoms with Crippen LogP contribution in [0.2, 0.25) is 0 Å².